The molecule has 0 aliphatic heterocycles. The summed E-state index contributed by atoms with van der Waals surface area (Å²) in [6.45, 7) is 0. The van der Waals surface area contributed by atoms with Crippen LogP contribution in [-0.2, 0) is 22.9 Å². The largest absolute Gasteiger partial charge is 1.00 e. The minimum absolute atomic E-state index is 0. The van der Waals surface area contributed by atoms with Gasteiger partial charge in [-0.25, -0.2) is 0 Å². The molecule has 0 bridgehead atoms. The second-order valence-corrected chi connectivity index (χ2v) is 11.7. The molecule has 5 rings (SSSR count). The SMILES string of the molecule is C1=CC[C]([Hf+2][CH]2C(n3cc4ccccc4n3)=Cc3ccccc32)=C1.[Cl-].[Cl-]. The molecule has 1 aromatic heterocycles. The van der Waals surface area contributed by atoms with Gasteiger partial charge in [-0.2, -0.15) is 0 Å². The predicted octanol–water partition coefficient (Wildman–Crippen LogP) is -0.977. The van der Waals surface area contributed by atoms with Crippen molar-refractivity contribution >= 4 is 22.7 Å². The van der Waals surface area contributed by atoms with E-state index in [1.54, 1.807) is 3.33 Å². The van der Waals surface area contributed by atoms with Gasteiger partial charge in [0.2, 0.25) is 0 Å². The molecule has 1 unspecified atom stereocenters. The average Bonchev–Trinajstić information content (AvgIpc) is 3.33. The molecule has 2 aromatic carbocycles. The molecule has 0 N–H and O–H groups in total. The van der Waals surface area contributed by atoms with Gasteiger partial charge in [0.15, 0.2) is 0 Å². The smallest absolute Gasteiger partial charge is 1.00 e. The van der Waals surface area contributed by atoms with Crippen LogP contribution in [0.25, 0.3) is 22.7 Å². The van der Waals surface area contributed by atoms with Crippen LogP contribution in [0.2, 0.25) is 0 Å². The summed E-state index contributed by atoms with van der Waals surface area (Å²) >= 11 is -0.988. The van der Waals surface area contributed by atoms with E-state index in [2.05, 4.69) is 83.7 Å². The summed E-state index contributed by atoms with van der Waals surface area (Å²) in [4.78, 5) is 0. The Morgan fingerprint density at radius 3 is 2.62 bits per heavy atom. The van der Waals surface area contributed by atoms with Crippen molar-refractivity contribution < 1.29 is 47.7 Å². The first-order chi connectivity index (χ1) is 11.9. The third kappa shape index (κ3) is 3.40. The zero-order valence-corrected chi connectivity index (χ0v) is 19.0. The Bertz CT molecular complexity index is 1000. The Morgan fingerprint density at radius 2 is 1.81 bits per heavy atom. The van der Waals surface area contributed by atoms with E-state index in [1.807, 2.05) is 0 Å². The van der Waals surface area contributed by atoms with Gasteiger partial charge in [0.25, 0.3) is 0 Å². The van der Waals surface area contributed by atoms with E-state index in [0.29, 0.717) is 3.67 Å². The van der Waals surface area contributed by atoms with Crippen LogP contribution in [0.1, 0.15) is 21.2 Å². The minimum atomic E-state index is -0.988. The van der Waals surface area contributed by atoms with Gasteiger partial charge >= 0.3 is 153 Å². The number of aromatic nitrogens is 2. The van der Waals surface area contributed by atoms with E-state index in [1.165, 1.54) is 22.2 Å². The molecule has 1 atom stereocenters. The van der Waals surface area contributed by atoms with E-state index in [4.69, 9.17) is 5.10 Å². The van der Waals surface area contributed by atoms with Crippen LogP contribution in [0, 0.1) is 0 Å². The number of hydrogen-bond donors (Lipinski definition) is 0. The zero-order chi connectivity index (χ0) is 15.9. The fraction of sp³-hybridized carbons (Fsp3) is 0.0952. The van der Waals surface area contributed by atoms with Crippen molar-refractivity contribution in [1.82, 2.24) is 9.78 Å². The van der Waals surface area contributed by atoms with Crippen LogP contribution in [0.5, 0.6) is 0 Å². The number of allylic oxidation sites excluding steroid dienone is 5. The molecule has 26 heavy (non-hydrogen) atoms. The average molecular weight is 546 g/mol. The van der Waals surface area contributed by atoms with Crippen LogP contribution < -0.4 is 24.8 Å². The minimum Gasteiger partial charge on any atom is -1.00 e. The molecule has 2 aliphatic carbocycles. The predicted molar refractivity (Wildman–Crippen MR) is 94.9 cm³/mol. The van der Waals surface area contributed by atoms with Crippen molar-refractivity contribution in [1.29, 1.82) is 0 Å². The fourth-order valence-corrected chi connectivity index (χ4v) is 9.17. The van der Waals surface area contributed by atoms with Crippen LogP contribution in [0.4, 0.5) is 0 Å². The van der Waals surface area contributed by atoms with Crippen LogP contribution >= 0.6 is 0 Å². The quantitative estimate of drug-likeness (QED) is 0.387. The van der Waals surface area contributed by atoms with Crippen molar-refractivity contribution in [2.24, 2.45) is 0 Å². The molecule has 1 heterocycles. The summed E-state index contributed by atoms with van der Waals surface area (Å²) in [7, 11) is 0. The standard InChI is InChI=1S/C16H11N2.C5H5.2ClH.Hf/c1-2-6-13-10-15(9-12(13)5-1)18-11-14-7-3-4-8-16(14)17-18;1-2-4-5-3-1;;;/h1-11H;1-3H,4H2;2*1H;/q;;;;+2/p-2. The van der Waals surface area contributed by atoms with Gasteiger partial charge < -0.3 is 24.8 Å². The number of benzene rings is 2. The number of halogens is 2. The Kier molecular flexibility index (Phi) is 6.01. The molecule has 5 heteroatoms. The van der Waals surface area contributed by atoms with E-state index in [0.717, 1.165) is 11.9 Å². The number of fused-ring (bicyclic) bond motifs is 2. The maximum Gasteiger partial charge on any atom is -1.00 e. The Labute approximate surface area is 176 Å². The molecule has 0 radical (unpaired) electrons. The first kappa shape index (κ1) is 19.3. The molecular formula is C21H16Cl2HfN2. The molecule has 3 aromatic rings. The first-order valence-electron chi connectivity index (χ1n) is 8.26. The van der Waals surface area contributed by atoms with Crippen molar-refractivity contribution in [3.05, 3.63) is 87.4 Å². The molecule has 0 spiro atoms. The molecule has 2 nitrogen and oxygen atoms in total. The van der Waals surface area contributed by atoms with Gasteiger partial charge in [0.05, 0.1) is 0 Å². The number of hydrogen-bond acceptors (Lipinski definition) is 1. The van der Waals surface area contributed by atoms with Gasteiger partial charge in [0.1, 0.15) is 0 Å². The third-order valence-electron chi connectivity index (χ3n) is 4.69. The second-order valence-electron chi connectivity index (χ2n) is 6.23. The van der Waals surface area contributed by atoms with E-state index < -0.39 is 22.9 Å². The Hall–Kier alpha value is -1.42. The second kappa shape index (κ2) is 8.08. The van der Waals surface area contributed by atoms with E-state index >= 15 is 0 Å². The number of nitrogens with zero attached hydrogens (tertiary/aromatic N) is 2. The van der Waals surface area contributed by atoms with Gasteiger partial charge in [-0.3, -0.25) is 0 Å². The molecule has 0 saturated carbocycles. The van der Waals surface area contributed by atoms with Crippen LogP contribution in [-0.4, -0.2) is 9.78 Å². The first-order valence-corrected chi connectivity index (χ1v) is 12.1. The van der Waals surface area contributed by atoms with Crippen molar-refractivity contribution in [2.75, 3.05) is 0 Å². The van der Waals surface area contributed by atoms with E-state index in [9.17, 15) is 0 Å². The molecule has 128 valence electrons. The topological polar surface area (TPSA) is 17.8 Å². The molecule has 0 amide bonds. The van der Waals surface area contributed by atoms with Crippen LogP contribution in [0.3, 0.4) is 0 Å². The Balaban J connectivity index is 0.000000980. The summed E-state index contributed by atoms with van der Waals surface area (Å²) in [6.07, 6.45) is 12.5. The summed E-state index contributed by atoms with van der Waals surface area (Å²) in [6, 6.07) is 17.2. The molecule has 2 aliphatic rings. The van der Waals surface area contributed by atoms with E-state index in [-0.39, 0.29) is 24.8 Å². The van der Waals surface area contributed by atoms with Gasteiger partial charge in [0, 0.05) is 0 Å². The Morgan fingerprint density at radius 1 is 1.00 bits per heavy atom. The number of rotatable bonds is 3. The van der Waals surface area contributed by atoms with Crippen molar-refractivity contribution in [2.45, 2.75) is 10.1 Å². The van der Waals surface area contributed by atoms with Crippen molar-refractivity contribution in [3.63, 3.8) is 0 Å². The summed E-state index contributed by atoms with van der Waals surface area (Å²) < 4.78 is 4.40. The molecular weight excluding hydrogens is 530 g/mol. The summed E-state index contributed by atoms with van der Waals surface area (Å²) in [5, 5.41) is 6.06. The normalized spacial score (nSPS) is 17.0. The summed E-state index contributed by atoms with van der Waals surface area (Å²) in [5.41, 5.74) is 5.31. The third-order valence-corrected chi connectivity index (χ3v) is 10.6. The van der Waals surface area contributed by atoms with Gasteiger partial charge in [-0.1, -0.05) is 0 Å². The monoisotopic (exact) mass is 546 g/mol. The fourth-order valence-electron chi connectivity index (χ4n) is 3.49. The zero-order valence-electron chi connectivity index (χ0n) is 13.9. The maximum atomic E-state index is 4.85. The molecule has 0 fully saturated rings. The van der Waals surface area contributed by atoms with Crippen LogP contribution in [0.15, 0.2) is 76.3 Å². The van der Waals surface area contributed by atoms with Crippen molar-refractivity contribution in [3.8, 4) is 0 Å². The van der Waals surface area contributed by atoms with Gasteiger partial charge in [-0.05, 0) is 0 Å². The maximum absolute atomic E-state index is 4.85. The summed E-state index contributed by atoms with van der Waals surface area (Å²) in [5.74, 6) is 0. The van der Waals surface area contributed by atoms with Gasteiger partial charge in [-0.15, -0.1) is 0 Å². The molecule has 0 saturated heterocycles.